The molecule has 0 atom stereocenters. The van der Waals surface area contributed by atoms with Gasteiger partial charge in [0, 0.05) is 13.0 Å². The van der Waals surface area contributed by atoms with Crippen LogP contribution in [0.15, 0.2) is 0 Å². The molecule has 0 unspecified atom stereocenters. The summed E-state index contributed by atoms with van der Waals surface area (Å²) < 4.78 is 0. The van der Waals surface area contributed by atoms with Gasteiger partial charge in [0.2, 0.25) is 0 Å². The molecule has 1 heterocycles. The molecule has 40 valence electrons. The molecule has 0 aromatic rings. The minimum Gasteiger partial charge on any atom is -0.288 e. The van der Waals surface area contributed by atoms with E-state index in [1.54, 1.807) is 0 Å². The number of thiocarbonyl (C=S) groups is 1. The predicted molar refractivity (Wildman–Crippen MR) is 30.3 cm³/mol. The van der Waals surface area contributed by atoms with E-state index in [1.165, 1.54) is 0 Å². The van der Waals surface area contributed by atoms with Crippen LogP contribution in [-0.4, -0.2) is 21.8 Å². The molecule has 0 saturated carbocycles. The van der Waals surface area contributed by atoms with Crippen LogP contribution in [0.4, 0.5) is 0 Å². The molecule has 8 heavy (non-hydrogen) atoms. The molecule has 0 aromatic carbocycles. The van der Waals surface area contributed by atoms with Gasteiger partial charge < -0.3 is 0 Å². The number of nitrogens with zero attached hydrogens (tertiary/aromatic N) is 1. The maximum atomic E-state index is 8.69. The maximum absolute atomic E-state index is 8.69. The van der Waals surface area contributed by atoms with E-state index in [-0.39, 0.29) is 19.5 Å². The van der Waals surface area contributed by atoms with E-state index in [0.29, 0.717) is 4.99 Å². The molecule has 0 aliphatic carbocycles. The standard InChI is InChI=1S/C4H7NOS.Zn/c6-5-3-1-2-4(5)7;/h6H,1-3H2;/q;+2. The first-order chi connectivity index (χ1) is 3.30. The van der Waals surface area contributed by atoms with E-state index in [4.69, 9.17) is 17.4 Å². The van der Waals surface area contributed by atoms with Crippen molar-refractivity contribution in [2.45, 2.75) is 12.8 Å². The third-order valence-corrected chi connectivity index (χ3v) is 1.46. The normalized spacial score (nSPS) is 18.6. The Hall–Kier alpha value is 0.473. The molecular weight excluding hydrogens is 176 g/mol. The fraction of sp³-hybridized carbons (Fsp3) is 0.750. The van der Waals surface area contributed by atoms with Crippen molar-refractivity contribution in [3.63, 3.8) is 0 Å². The van der Waals surface area contributed by atoms with E-state index >= 15 is 0 Å². The summed E-state index contributed by atoms with van der Waals surface area (Å²) in [5, 5.41) is 9.82. The summed E-state index contributed by atoms with van der Waals surface area (Å²) in [6.07, 6.45) is 1.89. The van der Waals surface area contributed by atoms with Crippen LogP contribution in [0, 0.1) is 0 Å². The summed E-state index contributed by atoms with van der Waals surface area (Å²) in [6.45, 7) is 0.721. The molecule has 0 spiro atoms. The molecule has 0 aromatic heterocycles. The summed E-state index contributed by atoms with van der Waals surface area (Å²) in [4.78, 5) is 0.681. The first-order valence-electron chi connectivity index (χ1n) is 2.30. The van der Waals surface area contributed by atoms with Crippen molar-refractivity contribution in [2.24, 2.45) is 0 Å². The molecule has 1 saturated heterocycles. The van der Waals surface area contributed by atoms with Crippen molar-refractivity contribution < 1.29 is 24.7 Å². The van der Waals surface area contributed by atoms with Crippen LogP contribution in [0.2, 0.25) is 0 Å². The molecule has 4 heteroatoms. The first kappa shape index (κ1) is 8.47. The smallest absolute Gasteiger partial charge is 0.288 e. The van der Waals surface area contributed by atoms with Crippen LogP contribution >= 0.6 is 12.2 Å². The number of hydrogen-bond acceptors (Lipinski definition) is 2. The Kier molecular flexibility index (Phi) is 3.70. The van der Waals surface area contributed by atoms with Crippen LogP contribution in [0.5, 0.6) is 0 Å². The van der Waals surface area contributed by atoms with Gasteiger partial charge in [-0.15, -0.1) is 0 Å². The van der Waals surface area contributed by atoms with Gasteiger partial charge in [-0.05, 0) is 6.42 Å². The minimum absolute atomic E-state index is 0. The molecule has 1 fully saturated rings. The number of rotatable bonds is 0. The fourth-order valence-corrected chi connectivity index (χ4v) is 0.869. The van der Waals surface area contributed by atoms with Crippen LogP contribution in [0.25, 0.3) is 0 Å². The van der Waals surface area contributed by atoms with E-state index < -0.39 is 0 Å². The summed E-state index contributed by atoms with van der Waals surface area (Å²) in [6, 6.07) is 0. The maximum Gasteiger partial charge on any atom is 2.00 e. The Bertz CT molecular complexity index is 98.0. The molecule has 2 nitrogen and oxygen atoms in total. The second kappa shape index (κ2) is 3.49. The quantitative estimate of drug-likeness (QED) is 0.443. The summed E-state index contributed by atoms with van der Waals surface area (Å²) in [5.41, 5.74) is 0. The van der Waals surface area contributed by atoms with Gasteiger partial charge in [0.15, 0.2) is 0 Å². The number of hydrogen-bond donors (Lipinski definition) is 1. The zero-order valence-electron chi connectivity index (χ0n) is 4.63. The zero-order chi connectivity index (χ0) is 5.28. The average Bonchev–Trinajstić information content (AvgIpc) is 1.91. The molecule has 0 bridgehead atoms. The van der Waals surface area contributed by atoms with Crippen LogP contribution < -0.4 is 0 Å². The van der Waals surface area contributed by atoms with Gasteiger partial charge in [-0.1, -0.05) is 12.2 Å². The van der Waals surface area contributed by atoms with E-state index in [1.807, 2.05) is 0 Å². The van der Waals surface area contributed by atoms with Gasteiger partial charge in [-0.2, -0.15) is 0 Å². The van der Waals surface area contributed by atoms with Crippen LogP contribution in [0.3, 0.4) is 0 Å². The van der Waals surface area contributed by atoms with Gasteiger partial charge in [0.05, 0.1) is 0 Å². The summed E-state index contributed by atoms with van der Waals surface area (Å²) in [5.74, 6) is 0. The molecule has 1 N–H and O–H groups in total. The van der Waals surface area contributed by atoms with Gasteiger partial charge in [0.1, 0.15) is 4.99 Å². The minimum atomic E-state index is 0. The van der Waals surface area contributed by atoms with E-state index in [9.17, 15) is 0 Å². The van der Waals surface area contributed by atoms with Crippen molar-refractivity contribution in [2.75, 3.05) is 6.54 Å². The van der Waals surface area contributed by atoms with Crippen LogP contribution in [0.1, 0.15) is 12.8 Å². The molecule has 0 amide bonds. The Morgan fingerprint density at radius 2 is 2.25 bits per heavy atom. The average molecular weight is 183 g/mol. The Balaban J connectivity index is 0.000000490. The van der Waals surface area contributed by atoms with Crippen LogP contribution in [-0.2, 0) is 19.5 Å². The van der Waals surface area contributed by atoms with Gasteiger partial charge >= 0.3 is 19.5 Å². The van der Waals surface area contributed by atoms with Crippen molar-refractivity contribution in [1.29, 1.82) is 0 Å². The summed E-state index contributed by atoms with van der Waals surface area (Å²) in [7, 11) is 0. The zero-order valence-corrected chi connectivity index (χ0v) is 8.41. The molecule has 0 radical (unpaired) electrons. The molecular formula is C4H7NOSZn+2. The van der Waals surface area contributed by atoms with Crippen molar-refractivity contribution in [3.05, 3.63) is 0 Å². The second-order valence-corrected chi connectivity index (χ2v) is 2.09. The Morgan fingerprint density at radius 3 is 2.38 bits per heavy atom. The Morgan fingerprint density at radius 1 is 1.62 bits per heavy atom. The third kappa shape index (κ3) is 1.77. The van der Waals surface area contributed by atoms with Gasteiger partial charge in [0.25, 0.3) is 0 Å². The molecule has 1 aliphatic rings. The molecule has 1 aliphatic heterocycles. The van der Waals surface area contributed by atoms with E-state index in [0.717, 1.165) is 24.4 Å². The van der Waals surface area contributed by atoms with Gasteiger partial charge in [-0.3, -0.25) is 10.3 Å². The molecule has 1 rings (SSSR count). The fourth-order valence-electron chi connectivity index (χ4n) is 0.634. The van der Waals surface area contributed by atoms with E-state index in [2.05, 4.69) is 0 Å². The predicted octanol–water partition coefficient (Wildman–Crippen LogP) is 0.796. The third-order valence-electron chi connectivity index (χ3n) is 1.05. The largest absolute Gasteiger partial charge is 2.00 e. The first-order valence-corrected chi connectivity index (χ1v) is 2.71. The SMILES string of the molecule is ON1CCCC1=S.[Zn+2]. The summed E-state index contributed by atoms with van der Waals surface area (Å²) >= 11 is 4.72. The Labute approximate surface area is 66.6 Å². The topological polar surface area (TPSA) is 23.5 Å². The second-order valence-electron chi connectivity index (χ2n) is 1.62. The van der Waals surface area contributed by atoms with Crippen molar-refractivity contribution in [1.82, 2.24) is 5.06 Å². The monoisotopic (exact) mass is 181 g/mol. The number of hydroxylamine groups is 2. The van der Waals surface area contributed by atoms with Crippen molar-refractivity contribution >= 4 is 17.2 Å². The van der Waals surface area contributed by atoms with Crippen molar-refractivity contribution in [3.8, 4) is 0 Å². The van der Waals surface area contributed by atoms with Gasteiger partial charge in [-0.25, -0.2) is 0 Å².